The van der Waals surface area contributed by atoms with E-state index in [0.717, 1.165) is 18.8 Å². The molecule has 0 aliphatic carbocycles. The van der Waals surface area contributed by atoms with Crippen LogP contribution in [0.4, 0.5) is 0 Å². The predicted octanol–water partition coefficient (Wildman–Crippen LogP) is 5.64. The molecule has 0 spiro atoms. The molecule has 0 aliphatic heterocycles. The summed E-state index contributed by atoms with van der Waals surface area (Å²) < 4.78 is 5.73. The van der Waals surface area contributed by atoms with Crippen molar-refractivity contribution in [2.75, 3.05) is 12.9 Å². The molecule has 0 fully saturated rings. The summed E-state index contributed by atoms with van der Waals surface area (Å²) in [6, 6.07) is 17.0. The summed E-state index contributed by atoms with van der Waals surface area (Å²) in [5.41, 5.74) is 2.49. The van der Waals surface area contributed by atoms with E-state index in [2.05, 4.69) is 61.7 Å². The molecule has 2 rings (SSSR count). The summed E-state index contributed by atoms with van der Waals surface area (Å²) >= 11 is 1.77. The standard InChI is InChI=1S/C18H22OS/c1-3-4-5-14-19-17-10-6-15(7-11-17)16-8-12-18(20-2)13-9-16/h6-13H,3-5,14H2,1-2H3. The molecular formula is C18H22OS. The van der Waals surface area contributed by atoms with Gasteiger partial charge in [-0.05, 0) is 48.1 Å². The third-order valence-electron chi connectivity index (χ3n) is 3.29. The summed E-state index contributed by atoms with van der Waals surface area (Å²) in [4.78, 5) is 1.30. The number of rotatable bonds is 7. The van der Waals surface area contributed by atoms with Gasteiger partial charge < -0.3 is 4.74 Å². The Bertz CT molecular complexity index is 502. The van der Waals surface area contributed by atoms with Crippen LogP contribution in [-0.2, 0) is 0 Å². The molecule has 2 aromatic rings. The van der Waals surface area contributed by atoms with Gasteiger partial charge in [0, 0.05) is 4.90 Å². The van der Waals surface area contributed by atoms with Gasteiger partial charge in [0.25, 0.3) is 0 Å². The first-order valence-electron chi connectivity index (χ1n) is 7.21. The van der Waals surface area contributed by atoms with Gasteiger partial charge in [0.15, 0.2) is 0 Å². The highest BCUT2D eigenvalue weighted by molar-refractivity contribution is 7.98. The number of ether oxygens (including phenoxy) is 1. The lowest BCUT2D eigenvalue weighted by molar-refractivity contribution is 0.306. The van der Waals surface area contributed by atoms with Crippen LogP contribution in [0.25, 0.3) is 11.1 Å². The van der Waals surface area contributed by atoms with Gasteiger partial charge in [0.05, 0.1) is 6.61 Å². The number of hydrogen-bond donors (Lipinski definition) is 0. The van der Waals surface area contributed by atoms with Gasteiger partial charge in [-0.1, -0.05) is 44.0 Å². The Morgan fingerprint density at radius 2 is 1.45 bits per heavy atom. The molecule has 0 unspecified atom stereocenters. The van der Waals surface area contributed by atoms with Gasteiger partial charge in [0.2, 0.25) is 0 Å². The third kappa shape index (κ3) is 4.31. The van der Waals surface area contributed by atoms with Crippen LogP contribution >= 0.6 is 11.8 Å². The summed E-state index contributed by atoms with van der Waals surface area (Å²) in [6.45, 7) is 3.02. The van der Waals surface area contributed by atoms with E-state index >= 15 is 0 Å². The molecule has 1 nitrogen and oxygen atoms in total. The van der Waals surface area contributed by atoms with Crippen molar-refractivity contribution in [2.45, 2.75) is 31.1 Å². The van der Waals surface area contributed by atoms with Crippen LogP contribution in [0.1, 0.15) is 26.2 Å². The molecular weight excluding hydrogens is 264 g/mol. The molecule has 0 aromatic heterocycles. The fourth-order valence-corrected chi connectivity index (χ4v) is 2.48. The van der Waals surface area contributed by atoms with Gasteiger partial charge in [-0.2, -0.15) is 0 Å². The highest BCUT2D eigenvalue weighted by Crippen LogP contribution is 2.25. The number of unbranched alkanes of at least 4 members (excludes halogenated alkanes) is 2. The van der Waals surface area contributed by atoms with E-state index in [-0.39, 0.29) is 0 Å². The highest BCUT2D eigenvalue weighted by Gasteiger charge is 1.99. The Kier molecular flexibility index (Phi) is 6.00. The zero-order chi connectivity index (χ0) is 14.2. The number of benzene rings is 2. The zero-order valence-electron chi connectivity index (χ0n) is 12.3. The second-order valence-electron chi connectivity index (χ2n) is 4.81. The number of thioether (sulfide) groups is 1. The van der Waals surface area contributed by atoms with Crippen LogP contribution in [0.15, 0.2) is 53.4 Å². The molecule has 0 N–H and O–H groups in total. The summed E-state index contributed by atoms with van der Waals surface area (Å²) in [5.74, 6) is 0.964. The fraction of sp³-hybridized carbons (Fsp3) is 0.333. The second-order valence-corrected chi connectivity index (χ2v) is 5.69. The topological polar surface area (TPSA) is 9.23 Å². The van der Waals surface area contributed by atoms with Crippen LogP contribution in [0.5, 0.6) is 5.75 Å². The molecule has 0 heterocycles. The van der Waals surface area contributed by atoms with Crippen molar-refractivity contribution >= 4 is 11.8 Å². The van der Waals surface area contributed by atoms with Crippen molar-refractivity contribution in [2.24, 2.45) is 0 Å². The smallest absolute Gasteiger partial charge is 0.119 e. The molecule has 2 heteroatoms. The minimum Gasteiger partial charge on any atom is -0.494 e. The molecule has 0 amide bonds. The van der Waals surface area contributed by atoms with E-state index in [1.807, 2.05) is 0 Å². The zero-order valence-corrected chi connectivity index (χ0v) is 13.1. The molecule has 0 saturated carbocycles. The van der Waals surface area contributed by atoms with Crippen LogP contribution in [0.2, 0.25) is 0 Å². The van der Waals surface area contributed by atoms with Gasteiger partial charge in [-0.15, -0.1) is 11.8 Å². The minimum absolute atomic E-state index is 0.815. The summed E-state index contributed by atoms with van der Waals surface area (Å²) in [5, 5.41) is 0. The normalized spacial score (nSPS) is 10.5. The van der Waals surface area contributed by atoms with Gasteiger partial charge >= 0.3 is 0 Å². The van der Waals surface area contributed by atoms with Crippen LogP contribution in [-0.4, -0.2) is 12.9 Å². The summed E-state index contributed by atoms with van der Waals surface area (Å²) in [7, 11) is 0. The van der Waals surface area contributed by atoms with Crippen molar-refractivity contribution in [1.82, 2.24) is 0 Å². The maximum atomic E-state index is 5.73. The van der Waals surface area contributed by atoms with Crippen molar-refractivity contribution in [3.63, 3.8) is 0 Å². The van der Waals surface area contributed by atoms with Crippen molar-refractivity contribution in [3.05, 3.63) is 48.5 Å². The highest BCUT2D eigenvalue weighted by atomic mass is 32.2. The Balaban J connectivity index is 1.96. The molecule has 20 heavy (non-hydrogen) atoms. The third-order valence-corrected chi connectivity index (χ3v) is 4.04. The van der Waals surface area contributed by atoms with Crippen molar-refractivity contribution < 1.29 is 4.74 Å². The van der Waals surface area contributed by atoms with Crippen molar-refractivity contribution in [3.8, 4) is 16.9 Å². The SMILES string of the molecule is CCCCCOc1ccc(-c2ccc(SC)cc2)cc1. The van der Waals surface area contributed by atoms with Gasteiger partial charge in [-0.25, -0.2) is 0 Å². The van der Waals surface area contributed by atoms with E-state index in [4.69, 9.17) is 4.74 Å². The first-order valence-corrected chi connectivity index (χ1v) is 8.43. The Labute approximate surface area is 126 Å². The lowest BCUT2D eigenvalue weighted by Gasteiger charge is -2.07. The maximum Gasteiger partial charge on any atom is 0.119 e. The van der Waals surface area contributed by atoms with E-state index in [1.54, 1.807) is 11.8 Å². The molecule has 0 saturated heterocycles. The molecule has 106 valence electrons. The largest absolute Gasteiger partial charge is 0.494 e. The van der Waals surface area contributed by atoms with Crippen LogP contribution in [0.3, 0.4) is 0 Å². The average Bonchev–Trinajstić information content (AvgIpc) is 2.52. The molecule has 0 aliphatic rings. The lowest BCUT2D eigenvalue weighted by Crippen LogP contribution is -1.96. The fourth-order valence-electron chi connectivity index (χ4n) is 2.07. The maximum absolute atomic E-state index is 5.73. The Morgan fingerprint density at radius 3 is 2.00 bits per heavy atom. The van der Waals surface area contributed by atoms with Gasteiger partial charge in [0.1, 0.15) is 5.75 Å². The van der Waals surface area contributed by atoms with Crippen molar-refractivity contribution in [1.29, 1.82) is 0 Å². The van der Waals surface area contributed by atoms with E-state index in [0.29, 0.717) is 0 Å². The predicted molar refractivity (Wildman–Crippen MR) is 88.7 cm³/mol. The molecule has 2 aromatic carbocycles. The van der Waals surface area contributed by atoms with E-state index in [9.17, 15) is 0 Å². The monoisotopic (exact) mass is 286 g/mol. The van der Waals surface area contributed by atoms with E-state index < -0.39 is 0 Å². The van der Waals surface area contributed by atoms with Gasteiger partial charge in [-0.3, -0.25) is 0 Å². The lowest BCUT2D eigenvalue weighted by atomic mass is 10.1. The molecule has 0 radical (unpaired) electrons. The number of hydrogen-bond acceptors (Lipinski definition) is 2. The molecule has 0 bridgehead atoms. The first kappa shape index (κ1) is 15.0. The molecule has 0 atom stereocenters. The Morgan fingerprint density at radius 1 is 0.850 bits per heavy atom. The first-order chi connectivity index (χ1) is 9.83. The second kappa shape index (κ2) is 8.01. The van der Waals surface area contributed by atoms with Crippen LogP contribution < -0.4 is 4.74 Å². The van der Waals surface area contributed by atoms with E-state index in [1.165, 1.54) is 28.9 Å². The summed E-state index contributed by atoms with van der Waals surface area (Å²) in [6.07, 6.45) is 5.70. The quantitative estimate of drug-likeness (QED) is 0.481. The van der Waals surface area contributed by atoms with Crippen LogP contribution in [0, 0.1) is 0 Å². The minimum atomic E-state index is 0.815. The average molecular weight is 286 g/mol. The Hall–Kier alpha value is -1.41.